The summed E-state index contributed by atoms with van der Waals surface area (Å²) in [6.45, 7) is 5.17. The van der Waals surface area contributed by atoms with Gasteiger partial charge in [0, 0.05) is 19.0 Å². The highest BCUT2D eigenvalue weighted by Gasteiger charge is 2.29. The monoisotopic (exact) mass is 514 g/mol. The van der Waals surface area contributed by atoms with Crippen molar-refractivity contribution in [3.63, 3.8) is 0 Å². The smallest absolute Gasteiger partial charge is 0.223 e. The predicted molar refractivity (Wildman–Crippen MR) is 144 cm³/mol. The highest BCUT2D eigenvalue weighted by molar-refractivity contribution is 5.80. The van der Waals surface area contributed by atoms with E-state index in [9.17, 15) is 9.18 Å². The number of rotatable bonds is 6. The van der Waals surface area contributed by atoms with Gasteiger partial charge in [-0.15, -0.1) is 0 Å². The van der Waals surface area contributed by atoms with Crippen molar-refractivity contribution >= 4 is 22.9 Å². The topological polar surface area (TPSA) is 68.6 Å². The van der Waals surface area contributed by atoms with Crippen LogP contribution in [0.25, 0.3) is 11.0 Å². The Labute approximate surface area is 221 Å². The molecule has 1 fully saturated rings. The molecule has 3 aromatic carbocycles. The number of halogens is 1. The van der Waals surface area contributed by atoms with Crippen LogP contribution in [0.2, 0.25) is 0 Å². The van der Waals surface area contributed by atoms with Gasteiger partial charge < -0.3 is 24.3 Å². The maximum absolute atomic E-state index is 13.5. The minimum atomic E-state index is -0.242. The van der Waals surface area contributed by atoms with Crippen molar-refractivity contribution in [3.8, 4) is 11.5 Å². The first-order valence-corrected chi connectivity index (χ1v) is 13.2. The lowest BCUT2D eigenvalue weighted by Crippen LogP contribution is -2.42. The van der Waals surface area contributed by atoms with Crippen LogP contribution in [-0.2, 0) is 11.3 Å². The summed E-state index contributed by atoms with van der Waals surface area (Å²) in [5.41, 5.74) is 3.98. The molecule has 7 nitrogen and oxygen atoms in total. The number of nitrogens with zero attached hydrogens (tertiary/aromatic N) is 3. The molecule has 196 valence electrons. The second kappa shape index (κ2) is 10.4. The lowest BCUT2D eigenvalue weighted by molar-refractivity contribution is -0.126. The van der Waals surface area contributed by atoms with Crippen molar-refractivity contribution in [2.75, 3.05) is 31.2 Å². The van der Waals surface area contributed by atoms with Gasteiger partial charge in [-0.25, -0.2) is 9.37 Å². The molecule has 1 aromatic heterocycles. The van der Waals surface area contributed by atoms with E-state index in [1.165, 1.54) is 12.1 Å². The molecule has 0 spiro atoms. The number of hydrogen-bond acceptors (Lipinski definition) is 5. The summed E-state index contributed by atoms with van der Waals surface area (Å²) in [5, 5.41) is 3.19. The van der Waals surface area contributed by atoms with E-state index in [2.05, 4.69) is 20.9 Å². The third-order valence-corrected chi connectivity index (χ3v) is 7.46. The zero-order chi connectivity index (χ0) is 26.1. The Morgan fingerprint density at radius 3 is 2.55 bits per heavy atom. The second-order valence-electron chi connectivity index (χ2n) is 10.0. The first kappa shape index (κ1) is 24.3. The number of imidazole rings is 1. The number of fused-ring (bicyclic) bond motifs is 2. The van der Waals surface area contributed by atoms with Crippen LogP contribution in [0.3, 0.4) is 0 Å². The van der Waals surface area contributed by atoms with Crippen LogP contribution in [0.15, 0.2) is 66.7 Å². The average Bonchev–Trinajstić information content (AvgIpc) is 3.32. The number of carbonyl (C=O) groups is 1. The van der Waals surface area contributed by atoms with Crippen LogP contribution in [0.1, 0.15) is 36.9 Å². The van der Waals surface area contributed by atoms with Crippen LogP contribution in [0.5, 0.6) is 11.5 Å². The van der Waals surface area contributed by atoms with Gasteiger partial charge in [-0.05, 0) is 67.3 Å². The van der Waals surface area contributed by atoms with Crippen LogP contribution in [-0.4, -0.2) is 41.8 Å². The molecule has 0 radical (unpaired) electrons. The third kappa shape index (κ3) is 4.90. The molecule has 1 amide bonds. The Balaban J connectivity index is 1.13. The summed E-state index contributed by atoms with van der Waals surface area (Å²) in [4.78, 5) is 20.4. The van der Waals surface area contributed by atoms with E-state index in [0.717, 1.165) is 65.5 Å². The number of aromatic nitrogens is 2. The largest absolute Gasteiger partial charge is 0.486 e. The Hall–Kier alpha value is -4.07. The van der Waals surface area contributed by atoms with Crippen molar-refractivity contribution in [2.24, 2.45) is 5.92 Å². The summed E-state index contributed by atoms with van der Waals surface area (Å²) >= 11 is 0. The lowest BCUT2D eigenvalue weighted by Gasteiger charge is -2.33. The third-order valence-electron chi connectivity index (χ3n) is 7.46. The molecule has 0 saturated carbocycles. The lowest BCUT2D eigenvalue weighted by atomic mass is 9.95. The number of benzene rings is 3. The maximum Gasteiger partial charge on any atom is 0.223 e. The molecule has 4 aromatic rings. The van der Waals surface area contributed by atoms with Crippen LogP contribution < -0.4 is 19.7 Å². The number of para-hydroxylation sites is 2. The fraction of sp³-hybridized carbons (Fsp3) is 0.333. The van der Waals surface area contributed by atoms with Gasteiger partial charge in [0.1, 0.15) is 19.0 Å². The fourth-order valence-corrected chi connectivity index (χ4v) is 5.32. The van der Waals surface area contributed by atoms with Gasteiger partial charge in [0.15, 0.2) is 11.5 Å². The summed E-state index contributed by atoms with van der Waals surface area (Å²) in [5.74, 6) is 2.14. The second-order valence-corrected chi connectivity index (χ2v) is 10.0. The summed E-state index contributed by atoms with van der Waals surface area (Å²) in [6, 6.07) is 20.4. The Bertz CT molecular complexity index is 1440. The summed E-state index contributed by atoms with van der Waals surface area (Å²) < 4.78 is 27.0. The van der Waals surface area contributed by atoms with Gasteiger partial charge in [0.05, 0.1) is 23.6 Å². The molecule has 8 heteroatoms. The first-order valence-electron chi connectivity index (χ1n) is 13.2. The number of amides is 1. The van der Waals surface area contributed by atoms with E-state index in [-0.39, 0.29) is 23.7 Å². The molecule has 1 atom stereocenters. The Kier molecular flexibility index (Phi) is 6.62. The minimum Gasteiger partial charge on any atom is -0.486 e. The molecule has 2 aliphatic heterocycles. The molecule has 6 rings (SSSR count). The minimum absolute atomic E-state index is 0.0548. The number of ether oxygens (including phenoxy) is 2. The standard InChI is InChI=1S/C30H31FN4O3/c1-20(23-8-11-27-28(18-23)38-17-16-37-27)32-29(36)22-12-14-34(15-13-22)30-33-25-4-2-3-5-26(25)35(30)19-21-6-9-24(31)10-7-21/h2-11,18,20,22H,12-17,19H2,1H3,(H,32,36). The van der Waals surface area contributed by atoms with E-state index < -0.39 is 0 Å². The van der Waals surface area contributed by atoms with Gasteiger partial charge in [-0.3, -0.25) is 4.79 Å². The fourth-order valence-electron chi connectivity index (χ4n) is 5.32. The van der Waals surface area contributed by atoms with Crippen LogP contribution >= 0.6 is 0 Å². The first-order chi connectivity index (χ1) is 18.5. The number of anilines is 1. The van der Waals surface area contributed by atoms with Crippen molar-refractivity contribution in [3.05, 3.63) is 83.7 Å². The molecule has 3 heterocycles. The van der Waals surface area contributed by atoms with Crippen molar-refractivity contribution in [1.82, 2.24) is 14.9 Å². The number of nitrogens with one attached hydrogen (secondary N) is 1. The van der Waals surface area contributed by atoms with Gasteiger partial charge in [0.25, 0.3) is 0 Å². The zero-order valence-electron chi connectivity index (χ0n) is 21.4. The summed E-state index contributed by atoms with van der Waals surface area (Å²) in [7, 11) is 0. The van der Waals surface area contributed by atoms with E-state index >= 15 is 0 Å². The highest BCUT2D eigenvalue weighted by Crippen LogP contribution is 2.33. The van der Waals surface area contributed by atoms with Crippen molar-refractivity contribution < 1.29 is 18.7 Å². The molecular formula is C30H31FN4O3. The van der Waals surface area contributed by atoms with Gasteiger partial charge in [0.2, 0.25) is 11.9 Å². The number of carbonyl (C=O) groups excluding carboxylic acids is 1. The summed E-state index contributed by atoms with van der Waals surface area (Å²) in [6.07, 6.45) is 1.50. The van der Waals surface area contributed by atoms with Crippen molar-refractivity contribution in [1.29, 1.82) is 0 Å². The van der Waals surface area contributed by atoms with Gasteiger partial charge in [-0.1, -0.05) is 30.3 Å². The molecule has 38 heavy (non-hydrogen) atoms. The van der Waals surface area contributed by atoms with E-state index in [1.807, 2.05) is 55.5 Å². The molecule has 1 saturated heterocycles. The molecule has 1 unspecified atom stereocenters. The number of hydrogen-bond donors (Lipinski definition) is 1. The van der Waals surface area contributed by atoms with E-state index in [0.29, 0.717) is 19.8 Å². The van der Waals surface area contributed by atoms with E-state index in [4.69, 9.17) is 14.5 Å². The van der Waals surface area contributed by atoms with Crippen LogP contribution in [0.4, 0.5) is 10.3 Å². The SMILES string of the molecule is CC(NC(=O)C1CCN(c2nc3ccccc3n2Cc2ccc(F)cc2)CC1)c1ccc2c(c1)OCCO2. The number of piperidine rings is 1. The quantitative estimate of drug-likeness (QED) is 0.388. The van der Waals surface area contributed by atoms with Gasteiger partial charge in [-0.2, -0.15) is 0 Å². The normalized spacial score (nSPS) is 16.4. The molecule has 0 aliphatic carbocycles. The average molecular weight is 515 g/mol. The molecule has 2 aliphatic rings. The van der Waals surface area contributed by atoms with Crippen LogP contribution in [0, 0.1) is 11.7 Å². The van der Waals surface area contributed by atoms with E-state index in [1.54, 1.807) is 0 Å². The Morgan fingerprint density at radius 1 is 1.03 bits per heavy atom. The highest BCUT2D eigenvalue weighted by atomic mass is 19.1. The van der Waals surface area contributed by atoms with Gasteiger partial charge >= 0.3 is 0 Å². The van der Waals surface area contributed by atoms with Crippen molar-refractivity contribution in [2.45, 2.75) is 32.4 Å². The maximum atomic E-state index is 13.5. The molecular weight excluding hydrogens is 483 g/mol. The molecule has 0 bridgehead atoms. The Morgan fingerprint density at radius 2 is 1.76 bits per heavy atom. The predicted octanol–water partition coefficient (Wildman–Crippen LogP) is 5.09. The molecule has 1 N–H and O–H groups in total. The zero-order valence-corrected chi connectivity index (χ0v) is 21.4.